The number of halogens is 1. The quantitative estimate of drug-likeness (QED) is 0.730. The molecule has 0 saturated heterocycles. The Morgan fingerprint density at radius 2 is 2.08 bits per heavy atom. The van der Waals surface area contributed by atoms with Gasteiger partial charge in [0, 0.05) is 28.6 Å². The lowest BCUT2D eigenvalue weighted by Gasteiger charge is -2.33. The molecule has 2 heterocycles. The molecular formula is C18H14ClNO3S. The van der Waals surface area contributed by atoms with E-state index in [1.807, 2.05) is 24.3 Å². The average molecular weight is 360 g/mol. The second-order valence-corrected chi connectivity index (χ2v) is 7.28. The van der Waals surface area contributed by atoms with Crippen molar-refractivity contribution in [3.05, 3.63) is 58.6 Å². The molecule has 4 nitrogen and oxygen atoms in total. The zero-order valence-corrected chi connectivity index (χ0v) is 14.3. The first kappa shape index (κ1) is 15.5. The maximum Gasteiger partial charge on any atom is 0.339 e. The van der Waals surface area contributed by atoms with E-state index >= 15 is 0 Å². The van der Waals surface area contributed by atoms with Gasteiger partial charge in [-0.15, -0.1) is 11.8 Å². The van der Waals surface area contributed by atoms with E-state index in [1.54, 1.807) is 34.9 Å². The summed E-state index contributed by atoms with van der Waals surface area (Å²) in [5.41, 5.74) is 2.18. The molecule has 6 heteroatoms. The van der Waals surface area contributed by atoms with Crippen LogP contribution in [-0.2, 0) is 16.0 Å². The molecule has 0 bridgehead atoms. The van der Waals surface area contributed by atoms with Crippen LogP contribution in [0.25, 0.3) is 0 Å². The number of nitrogens with zero attached hydrogens (tertiary/aromatic N) is 1. The van der Waals surface area contributed by atoms with Gasteiger partial charge in [0.15, 0.2) is 6.10 Å². The number of anilines is 1. The van der Waals surface area contributed by atoms with Gasteiger partial charge in [0.05, 0.1) is 11.3 Å². The van der Waals surface area contributed by atoms with Gasteiger partial charge in [-0.1, -0.05) is 29.8 Å². The van der Waals surface area contributed by atoms with E-state index in [1.165, 1.54) is 0 Å². The van der Waals surface area contributed by atoms with Crippen molar-refractivity contribution in [2.24, 2.45) is 0 Å². The van der Waals surface area contributed by atoms with Gasteiger partial charge in [-0.05, 0) is 29.8 Å². The highest BCUT2D eigenvalue weighted by atomic mass is 35.5. The van der Waals surface area contributed by atoms with E-state index in [0.717, 1.165) is 21.9 Å². The molecule has 0 aliphatic carbocycles. The molecule has 2 aromatic rings. The Morgan fingerprint density at radius 1 is 1.25 bits per heavy atom. The summed E-state index contributed by atoms with van der Waals surface area (Å²) in [4.78, 5) is 27.8. The molecule has 0 unspecified atom stereocenters. The third kappa shape index (κ3) is 2.68. The first-order chi connectivity index (χ1) is 11.6. The molecule has 0 radical (unpaired) electrons. The topological polar surface area (TPSA) is 46.6 Å². The van der Waals surface area contributed by atoms with Crippen molar-refractivity contribution in [3.8, 4) is 0 Å². The molecule has 2 aliphatic heterocycles. The molecule has 0 spiro atoms. The maximum atomic E-state index is 13.0. The zero-order valence-electron chi connectivity index (χ0n) is 12.7. The van der Waals surface area contributed by atoms with Crippen molar-refractivity contribution < 1.29 is 14.3 Å². The van der Waals surface area contributed by atoms with Crippen LogP contribution < -0.4 is 4.90 Å². The van der Waals surface area contributed by atoms with Gasteiger partial charge in [0.2, 0.25) is 0 Å². The van der Waals surface area contributed by atoms with Crippen molar-refractivity contribution in [1.29, 1.82) is 0 Å². The van der Waals surface area contributed by atoms with Gasteiger partial charge in [-0.2, -0.15) is 0 Å². The number of ether oxygens (including phenoxy) is 1. The summed E-state index contributed by atoms with van der Waals surface area (Å²) in [7, 11) is 0. The Morgan fingerprint density at radius 3 is 2.96 bits per heavy atom. The number of fused-ring (bicyclic) bond motifs is 2. The first-order valence-electron chi connectivity index (χ1n) is 7.66. The van der Waals surface area contributed by atoms with Crippen LogP contribution in [0.3, 0.4) is 0 Å². The number of cyclic esters (lactones) is 1. The summed E-state index contributed by atoms with van der Waals surface area (Å²) in [5.74, 6) is 0.173. The number of rotatable bonds is 1. The van der Waals surface area contributed by atoms with E-state index < -0.39 is 12.1 Å². The lowest BCUT2D eigenvalue weighted by Crippen LogP contribution is -2.46. The van der Waals surface area contributed by atoms with Gasteiger partial charge in [-0.3, -0.25) is 4.79 Å². The number of thioether (sulfide) groups is 1. The fourth-order valence-electron chi connectivity index (χ4n) is 3.06. The maximum absolute atomic E-state index is 13.0. The van der Waals surface area contributed by atoms with Crippen LogP contribution in [0.15, 0.2) is 47.4 Å². The summed E-state index contributed by atoms with van der Waals surface area (Å²) in [5, 5.41) is 0.583. The summed E-state index contributed by atoms with van der Waals surface area (Å²) in [6.45, 7) is 0.576. The third-order valence-corrected chi connectivity index (χ3v) is 5.50. The van der Waals surface area contributed by atoms with Crippen LogP contribution in [0.4, 0.5) is 5.69 Å². The third-order valence-electron chi connectivity index (χ3n) is 4.22. The second-order valence-electron chi connectivity index (χ2n) is 5.71. The molecule has 0 saturated carbocycles. The highest BCUT2D eigenvalue weighted by Gasteiger charge is 2.35. The van der Waals surface area contributed by atoms with Gasteiger partial charge in [0.1, 0.15) is 0 Å². The predicted molar refractivity (Wildman–Crippen MR) is 93.9 cm³/mol. The minimum absolute atomic E-state index is 0.193. The Labute approximate surface area is 148 Å². The molecule has 2 aromatic carbocycles. The van der Waals surface area contributed by atoms with E-state index in [2.05, 4.69) is 0 Å². The van der Waals surface area contributed by atoms with E-state index in [-0.39, 0.29) is 5.91 Å². The molecule has 0 fully saturated rings. The van der Waals surface area contributed by atoms with E-state index in [0.29, 0.717) is 23.6 Å². The zero-order chi connectivity index (χ0) is 16.7. The highest BCUT2D eigenvalue weighted by Crippen LogP contribution is 2.37. The number of carbonyl (C=O) groups excluding carboxylic acids is 2. The molecule has 0 N–H and O–H groups in total. The summed E-state index contributed by atoms with van der Waals surface area (Å²) < 4.78 is 5.40. The van der Waals surface area contributed by atoms with Crippen molar-refractivity contribution in [2.75, 3.05) is 17.2 Å². The molecule has 24 heavy (non-hydrogen) atoms. The number of hydrogen-bond acceptors (Lipinski definition) is 4. The standard InChI is InChI=1S/C18H14ClNO3S/c19-12-5-6-16-14(10-12)20(7-8-24-16)17(21)15-9-11-3-1-2-4-13(11)18(22)23-15/h1-6,10,15H,7-9H2/t15-/m0/s1. The molecular weight excluding hydrogens is 346 g/mol. The fraction of sp³-hybridized carbons (Fsp3) is 0.222. The van der Waals surface area contributed by atoms with Gasteiger partial charge < -0.3 is 9.64 Å². The Bertz CT molecular complexity index is 839. The van der Waals surface area contributed by atoms with Gasteiger partial charge in [0.25, 0.3) is 5.91 Å². The first-order valence-corrected chi connectivity index (χ1v) is 9.02. The van der Waals surface area contributed by atoms with Gasteiger partial charge in [-0.25, -0.2) is 4.79 Å². The molecule has 4 rings (SSSR count). The number of carbonyl (C=O) groups is 2. The van der Waals surface area contributed by atoms with Crippen molar-refractivity contribution in [1.82, 2.24) is 0 Å². The number of amides is 1. The van der Waals surface area contributed by atoms with Crippen LogP contribution in [0.5, 0.6) is 0 Å². The van der Waals surface area contributed by atoms with Crippen molar-refractivity contribution in [3.63, 3.8) is 0 Å². The lowest BCUT2D eigenvalue weighted by molar-refractivity contribution is -0.127. The fourth-order valence-corrected chi connectivity index (χ4v) is 4.20. The monoisotopic (exact) mass is 359 g/mol. The van der Waals surface area contributed by atoms with Crippen LogP contribution in [0.2, 0.25) is 5.02 Å². The largest absolute Gasteiger partial charge is 0.448 e. The highest BCUT2D eigenvalue weighted by molar-refractivity contribution is 7.99. The number of esters is 1. The Balaban J connectivity index is 1.64. The van der Waals surface area contributed by atoms with Crippen LogP contribution >= 0.6 is 23.4 Å². The Kier molecular flexibility index (Phi) is 3.98. The Hall–Kier alpha value is -1.98. The number of hydrogen-bond donors (Lipinski definition) is 0. The smallest absolute Gasteiger partial charge is 0.339 e. The molecule has 1 amide bonds. The SMILES string of the molecule is O=C1O[C@H](C(=O)N2CCSc3ccc(Cl)cc32)Cc2ccccc21. The number of benzene rings is 2. The summed E-state index contributed by atoms with van der Waals surface area (Å²) in [6.07, 6.45) is -0.386. The van der Waals surface area contributed by atoms with Crippen molar-refractivity contribution in [2.45, 2.75) is 17.4 Å². The average Bonchev–Trinajstić information content (AvgIpc) is 2.60. The summed E-state index contributed by atoms with van der Waals surface area (Å²) in [6, 6.07) is 12.8. The van der Waals surface area contributed by atoms with E-state index in [9.17, 15) is 9.59 Å². The van der Waals surface area contributed by atoms with E-state index in [4.69, 9.17) is 16.3 Å². The lowest BCUT2D eigenvalue weighted by atomic mass is 9.98. The van der Waals surface area contributed by atoms with Crippen molar-refractivity contribution >= 4 is 40.9 Å². The molecule has 1 atom stereocenters. The summed E-state index contributed by atoms with van der Waals surface area (Å²) >= 11 is 7.78. The molecule has 2 aliphatic rings. The molecule has 0 aromatic heterocycles. The second kappa shape index (κ2) is 6.15. The van der Waals surface area contributed by atoms with Crippen LogP contribution in [0, 0.1) is 0 Å². The normalized spacial score (nSPS) is 19.3. The van der Waals surface area contributed by atoms with Crippen LogP contribution in [-0.4, -0.2) is 30.3 Å². The minimum atomic E-state index is -0.790. The van der Waals surface area contributed by atoms with Gasteiger partial charge >= 0.3 is 5.97 Å². The molecule has 122 valence electrons. The van der Waals surface area contributed by atoms with Crippen LogP contribution in [0.1, 0.15) is 15.9 Å². The minimum Gasteiger partial charge on any atom is -0.448 e. The predicted octanol–water partition coefficient (Wildman–Crippen LogP) is 3.56.